The van der Waals surface area contributed by atoms with Gasteiger partial charge in [-0.05, 0) is 11.1 Å². The summed E-state index contributed by atoms with van der Waals surface area (Å²) in [6, 6.07) is 20.2. The molecule has 28 heavy (non-hydrogen) atoms. The Hall–Kier alpha value is -2.54. The van der Waals surface area contributed by atoms with E-state index in [9.17, 15) is 4.79 Å². The monoisotopic (exact) mass is 394 g/mol. The van der Waals surface area contributed by atoms with Gasteiger partial charge in [-0.25, -0.2) is 9.78 Å². The molecule has 1 aliphatic heterocycles. The Kier molecular flexibility index (Phi) is 5.81. The van der Waals surface area contributed by atoms with Crippen molar-refractivity contribution in [1.82, 2.24) is 9.88 Å². The summed E-state index contributed by atoms with van der Waals surface area (Å²) in [6.07, 6.45) is -0.150. The minimum atomic E-state index is -0.418. The van der Waals surface area contributed by atoms with Crippen molar-refractivity contribution in [1.29, 1.82) is 0 Å². The van der Waals surface area contributed by atoms with Crippen LogP contribution in [-0.4, -0.2) is 42.7 Å². The van der Waals surface area contributed by atoms with E-state index in [1.807, 2.05) is 36.4 Å². The molecule has 1 fully saturated rings. The second kappa shape index (κ2) is 8.65. The molecular formula is C22H22N2O3S. The highest BCUT2D eigenvalue weighted by atomic mass is 32.1. The predicted molar refractivity (Wildman–Crippen MR) is 109 cm³/mol. The van der Waals surface area contributed by atoms with Crippen molar-refractivity contribution >= 4 is 17.3 Å². The Morgan fingerprint density at radius 2 is 1.89 bits per heavy atom. The number of morpholine rings is 1. The lowest BCUT2D eigenvalue weighted by atomic mass is 10.1. The lowest BCUT2D eigenvalue weighted by Gasteiger charge is -2.31. The number of hydrogen-bond acceptors (Lipinski definition) is 6. The fraction of sp³-hybridized carbons (Fsp3) is 0.273. The summed E-state index contributed by atoms with van der Waals surface area (Å²) in [5.41, 5.74) is 2.60. The van der Waals surface area contributed by atoms with Crippen LogP contribution in [0, 0.1) is 0 Å². The van der Waals surface area contributed by atoms with E-state index in [0.717, 1.165) is 35.1 Å². The summed E-state index contributed by atoms with van der Waals surface area (Å²) in [7, 11) is 1.38. The zero-order valence-electron chi connectivity index (χ0n) is 15.7. The summed E-state index contributed by atoms with van der Waals surface area (Å²) >= 11 is 1.51. The van der Waals surface area contributed by atoms with Gasteiger partial charge in [0.25, 0.3) is 0 Å². The Morgan fingerprint density at radius 3 is 2.61 bits per heavy atom. The number of benzene rings is 2. The highest BCUT2D eigenvalue weighted by Gasteiger charge is 2.28. The van der Waals surface area contributed by atoms with Crippen LogP contribution in [0.5, 0.6) is 0 Å². The van der Waals surface area contributed by atoms with Crippen LogP contribution in [0.3, 0.4) is 0 Å². The van der Waals surface area contributed by atoms with Crippen LogP contribution in [0.2, 0.25) is 0 Å². The molecular weight excluding hydrogens is 372 g/mol. The van der Waals surface area contributed by atoms with Crippen molar-refractivity contribution in [3.05, 3.63) is 76.9 Å². The summed E-state index contributed by atoms with van der Waals surface area (Å²) in [4.78, 5) is 20.1. The van der Waals surface area contributed by atoms with Crippen molar-refractivity contribution in [2.75, 3.05) is 26.8 Å². The van der Waals surface area contributed by atoms with Gasteiger partial charge in [-0.15, -0.1) is 11.3 Å². The first-order chi connectivity index (χ1) is 13.7. The van der Waals surface area contributed by atoms with Gasteiger partial charge in [-0.1, -0.05) is 60.7 Å². The zero-order chi connectivity index (χ0) is 19.3. The van der Waals surface area contributed by atoms with Gasteiger partial charge in [-0.2, -0.15) is 0 Å². The minimum absolute atomic E-state index is 0.150. The topological polar surface area (TPSA) is 51.7 Å². The van der Waals surface area contributed by atoms with E-state index < -0.39 is 5.97 Å². The van der Waals surface area contributed by atoms with Crippen LogP contribution in [0.25, 0.3) is 10.4 Å². The average Bonchev–Trinajstić information content (AvgIpc) is 3.20. The molecule has 2 aromatic carbocycles. The lowest BCUT2D eigenvalue weighted by Crippen LogP contribution is -2.37. The number of ether oxygens (including phenoxy) is 2. The van der Waals surface area contributed by atoms with Gasteiger partial charge in [0.1, 0.15) is 11.1 Å². The Bertz CT molecular complexity index is 927. The van der Waals surface area contributed by atoms with Gasteiger partial charge in [0, 0.05) is 19.6 Å². The molecule has 1 aliphatic rings. The van der Waals surface area contributed by atoms with E-state index in [-0.39, 0.29) is 6.10 Å². The average molecular weight is 394 g/mol. The van der Waals surface area contributed by atoms with Gasteiger partial charge >= 0.3 is 5.97 Å². The third-order valence-corrected chi connectivity index (χ3v) is 5.93. The molecule has 1 saturated heterocycles. The van der Waals surface area contributed by atoms with E-state index in [0.29, 0.717) is 12.3 Å². The molecule has 6 heteroatoms. The number of carbonyl (C=O) groups excluding carboxylic acids is 1. The molecule has 144 valence electrons. The maximum atomic E-state index is 12.3. The van der Waals surface area contributed by atoms with E-state index in [4.69, 9.17) is 9.47 Å². The van der Waals surface area contributed by atoms with Gasteiger partial charge in [0.05, 0.1) is 18.6 Å². The highest BCUT2D eigenvalue weighted by molar-refractivity contribution is 7.15. The van der Waals surface area contributed by atoms with Gasteiger partial charge < -0.3 is 9.47 Å². The smallest absolute Gasteiger partial charge is 0.358 e. The molecule has 2 heterocycles. The summed E-state index contributed by atoms with van der Waals surface area (Å²) in [6.45, 7) is 3.15. The van der Waals surface area contributed by atoms with Crippen LogP contribution in [0.4, 0.5) is 0 Å². The fourth-order valence-corrected chi connectivity index (χ4v) is 4.43. The molecule has 0 radical (unpaired) electrons. The van der Waals surface area contributed by atoms with Crippen LogP contribution in [0.15, 0.2) is 60.7 Å². The number of hydrogen-bond donors (Lipinski definition) is 0. The van der Waals surface area contributed by atoms with Crippen molar-refractivity contribution in [3.8, 4) is 10.4 Å². The molecule has 5 nitrogen and oxygen atoms in total. The molecule has 1 aromatic heterocycles. The molecule has 1 atom stereocenters. The molecule has 0 saturated carbocycles. The second-order valence-corrected chi connectivity index (χ2v) is 7.70. The van der Waals surface area contributed by atoms with Gasteiger partial charge in [0.15, 0.2) is 5.69 Å². The Balaban J connectivity index is 1.58. The Morgan fingerprint density at radius 1 is 1.18 bits per heavy atom. The normalized spacial score (nSPS) is 17.4. The highest BCUT2D eigenvalue weighted by Crippen LogP contribution is 2.35. The second-order valence-electron chi connectivity index (χ2n) is 6.67. The Labute approximate surface area is 168 Å². The third-order valence-electron chi connectivity index (χ3n) is 4.73. The van der Waals surface area contributed by atoms with Gasteiger partial charge in [-0.3, -0.25) is 4.90 Å². The van der Waals surface area contributed by atoms with Crippen LogP contribution >= 0.6 is 11.3 Å². The largest absolute Gasteiger partial charge is 0.464 e. The number of rotatable bonds is 5. The SMILES string of the molecule is COC(=O)c1nc(C2CN(Cc3ccccc3)CCO2)sc1-c1ccccc1. The quantitative estimate of drug-likeness (QED) is 0.608. The van der Waals surface area contributed by atoms with Gasteiger partial charge in [0.2, 0.25) is 0 Å². The number of methoxy groups -OCH3 is 1. The molecule has 0 N–H and O–H groups in total. The van der Waals surface area contributed by atoms with E-state index in [1.165, 1.54) is 24.0 Å². The summed E-state index contributed by atoms with van der Waals surface area (Å²) in [5, 5.41) is 0.817. The third kappa shape index (κ3) is 4.14. The fourth-order valence-electron chi connectivity index (χ4n) is 3.33. The van der Waals surface area contributed by atoms with Crippen LogP contribution in [0.1, 0.15) is 27.2 Å². The lowest BCUT2D eigenvalue weighted by molar-refractivity contribution is -0.0330. The molecule has 1 unspecified atom stereocenters. The molecule has 0 spiro atoms. The number of esters is 1. The van der Waals surface area contributed by atoms with Crippen molar-refractivity contribution in [2.45, 2.75) is 12.6 Å². The number of carbonyl (C=O) groups is 1. The summed E-state index contributed by atoms with van der Waals surface area (Å²) in [5.74, 6) is -0.418. The minimum Gasteiger partial charge on any atom is -0.464 e. The van der Waals surface area contributed by atoms with Crippen molar-refractivity contribution < 1.29 is 14.3 Å². The molecule has 4 rings (SSSR count). The number of aromatic nitrogens is 1. The molecule has 3 aromatic rings. The van der Waals surface area contributed by atoms with Crippen LogP contribution < -0.4 is 0 Å². The molecule has 0 amide bonds. The molecule has 0 bridgehead atoms. The maximum Gasteiger partial charge on any atom is 0.358 e. The number of thiazole rings is 1. The summed E-state index contributed by atoms with van der Waals surface area (Å²) < 4.78 is 11.0. The number of nitrogens with zero attached hydrogens (tertiary/aromatic N) is 2. The molecule has 0 aliphatic carbocycles. The standard InChI is InChI=1S/C22H22N2O3S/c1-26-22(25)19-20(17-10-6-3-7-11-17)28-21(23-19)18-15-24(12-13-27-18)14-16-8-4-2-5-9-16/h2-11,18H,12-15H2,1H3. The first kappa shape index (κ1) is 18.8. The van der Waals surface area contributed by atoms with E-state index in [1.54, 1.807) is 0 Å². The van der Waals surface area contributed by atoms with Crippen molar-refractivity contribution in [2.24, 2.45) is 0 Å². The van der Waals surface area contributed by atoms with Crippen molar-refractivity contribution in [3.63, 3.8) is 0 Å². The van der Waals surface area contributed by atoms with E-state index in [2.05, 4.69) is 34.1 Å². The zero-order valence-corrected chi connectivity index (χ0v) is 16.5. The predicted octanol–water partition coefficient (Wildman–Crippen LogP) is 4.17. The van der Waals surface area contributed by atoms with Crippen LogP contribution in [-0.2, 0) is 16.0 Å². The first-order valence-electron chi connectivity index (χ1n) is 9.27. The first-order valence-corrected chi connectivity index (χ1v) is 10.1. The maximum absolute atomic E-state index is 12.3. The van der Waals surface area contributed by atoms with E-state index >= 15 is 0 Å².